The molecule has 1 amide bonds. The van der Waals surface area contributed by atoms with Crippen molar-refractivity contribution < 1.29 is 14.3 Å². The maximum atomic E-state index is 12.9. The summed E-state index contributed by atoms with van der Waals surface area (Å²) >= 11 is 1.59. The van der Waals surface area contributed by atoms with Crippen LogP contribution in [0.5, 0.6) is 0 Å². The lowest BCUT2D eigenvalue weighted by Gasteiger charge is -2.38. The lowest BCUT2D eigenvalue weighted by atomic mass is 10.1. The van der Waals surface area contributed by atoms with Gasteiger partial charge in [-0.2, -0.15) is 0 Å². The third-order valence-electron chi connectivity index (χ3n) is 5.03. The lowest BCUT2D eigenvalue weighted by molar-refractivity contribution is -0.145. The van der Waals surface area contributed by atoms with Crippen molar-refractivity contribution in [3.05, 3.63) is 40.9 Å². The van der Waals surface area contributed by atoms with Crippen molar-refractivity contribution in [1.82, 2.24) is 9.88 Å². The highest BCUT2D eigenvalue weighted by molar-refractivity contribution is 7.13. The zero-order valence-corrected chi connectivity index (χ0v) is 15.8. The van der Waals surface area contributed by atoms with Crippen molar-refractivity contribution >= 4 is 17.2 Å². The normalized spacial score (nSPS) is 23.3. The first-order valence-corrected chi connectivity index (χ1v) is 10.1. The summed E-state index contributed by atoms with van der Waals surface area (Å²) in [4.78, 5) is 19.6. The van der Waals surface area contributed by atoms with E-state index in [0.29, 0.717) is 26.2 Å². The van der Waals surface area contributed by atoms with Gasteiger partial charge in [0, 0.05) is 24.1 Å². The van der Waals surface area contributed by atoms with Gasteiger partial charge in [0.2, 0.25) is 5.91 Å². The Morgan fingerprint density at radius 1 is 1.38 bits per heavy atom. The van der Waals surface area contributed by atoms with Crippen LogP contribution in [0.25, 0.3) is 10.6 Å². The van der Waals surface area contributed by atoms with E-state index in [9.17, 15) is 4.79 Å². The van der Waals surface area contributed by atoms with Crippen molar-refractivity contribution in [3.63, 3.8) is 0 Å². The van der Waals surface area contributed by atoms with Crippen LogP contribution in [0.4, 0.5) is 0 Å². The number of amides is 1. The van der Waals surface area contributed by atoms with E-state index < -0.39 is 0 Å². The van der Waals surface area contributed by atoms with E-state index in [4.69, 9.17) is 9.47 Å². The van der Waals surface area contributed by atoms with E-state index in [1.807, 2.05) is 16.3 Å². The van der Waals surface area contributed by atoms with Crippen LogP contribution in [0.3, 0.4) is 0 Å². The molecule has 2 atom stereocenters. The van der Waals surface area contributed by atoms with Crippen molar-refractivity contribution in [2.45, 2.75) is 38.3 Å². The largest absolute Gasteiger partial charge is 0.377 e. The molecule has 2 saturated heterocycles. The van der Waals surface area contributed by atoms with Gasteiger partial charge in [0.05, 0.1) is 37.5 Å². The molecule has 0 saturated carbocycles. The number of aromatic nitrogens is 1. The number of carbonyl (C=O) groups is 1. The second-order valence-electron chi connectivity index (χ2n) is 6.97. The van der Waals surface area contributed by atoms with E-state index in [1.54, 1.807) is 11.3 Å². The van der Waals surface area contributed by atoms with E-state index in [0.717, 1.165) is 35.7 Å². The van der Waals surface area contributed by atoms with Gasteiger partial charge in [-0.05, 0) is 25.8 Å². The molecular weight excluding hydrogens is 348 g/mol. The summed E-state index contributed by atoms with van der Waals surface area (Å²) < 4.78 is 11.4. The Balaban J connectivity index is 1.45. The molecule has 4 rings (SSSR count). The summed E-state index contributed by atoms with van der Waals surface area (Å²) in [5.74, 6) is 0.120. The first kappa shape index (κ1) is 17.6. The fourth-order valence-electron chi connectivity index (χ4n) is 3.70. The van der Waals surface area contributed by atoms with Gasteiger partial charge in [-0.1, -0.05) is 23.8 Å². The fraction of sp³-hybridized carbons (Fsp3) is 0.500. The van der Waals surface area contributed by atoms with Crippen LogP contribution in [0, 0.1) is 6.92 Å². The zero-order chi connectivity index (χ0) is 17.9. The molecule has 1 aromatic heterocycles. The molecule has 2 fully saturated rings. The van der Waals surface area contributed by atoms with Crippen molar-refractivity contribution in [2.24, 2.45) is 0 Å². The van der Waals surface area contributed by atoms with Gasteiger partial charge in [-0.3, -0.25) is 4.79 Å². The first-order chi connectivity index (χ1) is 12.7. The summed E-state index contributed by atoms with van der Waals surface area (Å²) in [7, 11) is 0. The molecule has 0 aliphatic carbocycles. The van der Waals surface area contributed by atoms with Crippen LogP contribution < -0.4 is 0 Å². The highest BCUT2D eigenvalue weighted by Gasteiger charge is 2.35. The van der Waals surface area contributed by atoms with Gasteiger partial charge in [0.25, 0.3) is 0 Å². The number of thiazole rings is 1. The Morgan fingerprint density at radius 3 is 3.12 bits per heavy atom. The maximum absolute atomic E-state index is 12.9. The number of hydrogen-bond acceptors (Lipinski definition) is 5. The third-order valence-corrected chi connectivity index (χ3v) is 5.97. The molecule has 1 aromatic carbocycles. The highest BCUT2D eigenvalue weighted by atomic mass is 32.1. The SMILES string of the molecule is Cc1cccc(-c2nc(CC(=O)N3CCOCC3C3CCCO3)cs2)c1. The van der Waals surface area contributed by atoms with Crippen LogP contribution in [0.15, 0.2) is 29.6 Å². The number of hydrogen-bond donors (Lipinski definition) is 0. The maximum Gasteiger partial charge on any atom is 0.229 e. The molecule has 0 spiro atoms. The second-order valence-corrected chi connectivity index (χ2v) is 7.83. The molecule has 2 aliphatic heterocycles. The Morgan fingerprint density at radius 2 is 2.31 bits per heavy atom. The van der Waals surface area contributed by atoms with E-state index in [-0.39, 0.29) is 18.1 Å². The van der Waals surface area contributed by atoms with Gasteiger partial charge in [0.1, 0.15) is 5.01 Å². The van der Waals surface area contributed by atoms with Crippen LogP contribution in [0.2, 0.25) is 0 Å². The van der Waals surface area contributed by atoms with E-state index in [1.165, 1.54) is 5.56 Å². The van der Waals surface area contributed by atoms with Crippen LogP contribution >= 0.6 is 11.3 Å². The first-order valence-electron chi connectivity index (χ1n) is 9.21. The highest BCUT2D eigenvalue weighted by Crippen LogP contribution is 2.26. The number of carbonyl (C=O) groups excluding carboxylic acids is 1. The predicted molar refractivity (Wildman–Crippen MR) is 101 cm³/mol. The molecule has 0 N–H and O–H groups in total. The summed E-state index contributed by atoms with van der Waals surface area (Å²) in [6.45, 7) is 4.67. The number of morpholine rings is 1. The molecule has 2 aromatic rings. The van der Waals surface area contributed by atoms with Gasteiger partial charge in [0.15, 0.2) is 0 Å². The van der Waals surface area contributed by atoms with Gasteiger partial charge < -0.3 is 14.4 Å². The summed E-state index contributed by atoms with van der Waals surface area (Å²) in [5, 5.41) is 2.96. The second kappa shape index (κ2) is 7.86. The van der Waals surface area contributed by atoms with Gasteiger partial charge in [-0.25, -0.2) is 4.98 Å². The monoisotopic (exact) mass is 372 g/mol. The fourth-order valence-corrected chi connectivity index (χ4v) is 4.52. The van der Waals surface area contributed by atoms with Gasteiger partial charge in [-0.15, -0.1) is 11.3 Å². The number of benzene rings is 1. The molecule has 2 unspecified atom stereocenters. The smallest absolute Gasteiger partial charge is 0.229 e. The molecule has 6 heteroatoms. The molecule has 3 heterocycles. The standard InChI is InChI=1S/C20H24N2O3S/c1-14-4-2-5-15(10-14)20-21-16(13-26-20)11-19(23)22-7-9-24-12-17(22)18-6-3-8-25-18/h2,4-5,10,13,17-18H,3,6-9,11-12H2,1H3. The third kappa shape index (κ3) is 3.82. The van der Waals surface area contributed by atoms with Gasteiger partial charge >= 0.3 is 0 Å². The molecule has 138 valence electrons. The average Bonchev–Trinajstić information content (AvgIpc) is 3.34. The molecule has 0 radical (unpaired) electrons. The molecule has 5 nitrogen and oxygen atoms in total. The molecule has 26 heavy (non-hydrogen) atoms. The quantitative estimate of drug-likeness (QED) is 0.828. The Labute approximate surface area is 157 Å². The predicted octanol–water partition coefficient (Wildman–Crippen LogP) is 3.07. The summed E-state index contributed by atoms with van der Waals surface area (Å²) in [6.07, 6.45) is 2.52. The van der Waals surface area contributed by atoms with Crippen molar-refractivity contribution in [2.75, 3.05) is 26.4 Å². The number of aryl methyl sites for hydroxylation is 1. The number of nitrogens with zero attached hydrogens (tertiary/aromatic N) is 2. The molecule has 2 aliphatic rings. The average molecular weight is 372 g/mol. The summed E-state index contributed by atoms with van der Waals surface area (Å²) in [6, 6.07) is 8.34. The topological polar surface area (TPSA) is 51.7 Å². The lowest BCUT2D eigenvalue weighted by Crippen LogP contribution is -2.54. The van der Waals surface area contributed by atoms with Crippen LogP contribution in [-0.2, 0) is 20.7 Å². The van der Waals surface area contributed by atoms with Crippen molar-refractivity contribution in [3.8, 4) is 10.6 Å². The Bertz CT molecular complexity index is 770. The van der Waals surface area contributed by atoms with Crippen LogP contribution in [0.1, 0.15) is 24.1 Å². The number of rotatable bonds is 4. The Hall–Kier alpha value is -1.76. The van der Waals surface area contributed by atoms with E-state index in [2.05, 4.69) is 30.1 Å². The minimum atomic E-state index is 0.0358. The van der Waals surface area contributed by atoms with E-state index >= 15 is 0 Å². The molecule has 0 bridgehead atoms. The minimum absolute atomic E-state index is 0.0358. The molecular formula is C20H24N2O3S. The Kier molecular flexibility index (Phi) is 5.33. The minimum Gasteiger partial charge on any atom is -0.377 e. The van der Waals surface area contributed by atoms with Crippen LogP contribution in [-0.4, -0.2) is 54.3 Å². The zero-order valence-electron chi connectivity index (χ0n) is 15.0. The summed E-state index contributed by atoms with van der Waals surface area (Å²) in [5.41, 5.74) is 3.16. The van der Waals surface area contributed by atoms with Crippen molar-refractivity contribution in [1.29, 1.82) is 0 Å². The number of ether oxygens (including phenoxy) is 2.